The van der Waals surface area contributed by atoms with Crippen LogP contribution in [-0.2, 0) is 16.6 Å². The molecule has 1 N–H and O–H groups in total. The van der Waals surface area contributed by atoms with Crippen LogP contribution in [0.15, 0.2) is 17.6 Å². The van der Waals surface area contributed by atoms with Crippen molar-refractivity contribution in [3.05, 3.63) is 12.4 Å². The minimum absolute atomic E-state index is 0.172. The fourth-order valence-corrected chi connectivity index (χ4v) is 2.88. The predicted octanol–water partition coefficient (Wildman–Crippen LogP) is 2.22. The van der Waals surface area contributed by atoms with Crippen molar-refractivity contribution in [1.82, 2.24) is 14.9 Å². The average Bonchev–Trinajstić information content (AvgIpc) is 2.82. The van der Waals surface area contributed by atoms with Crippen molar-refractivity contribution < 1.29 is 9.53 Å². The monoisotopic (exact) mass is 299 g/mol. The highest BCUT2D eigenvalue weighted by Gasteiger charge is 2.33. The molecule has 0 saturated heterocycles. The highest BCUT2D eigenvalue weighted by Crippen LogP contribution is 2.21. The number of hydrogen-bond donors (Lipinski definition) is 1. The van der Waals surface area contributed by atoms with Gasteiger partial charge in [0, 0.05) is 25.2 Å². The zero-order chi connectivity index (χ0) is 15.0. The van der Waals surface area contributed by atoms with Crippen LogP contribution in [0.3, 0.4) is 0 Å². The van der Waals surface area contributed by atoms with Gasteiger partial charge in [-0.2, -0.15) is 0 Å². The molecular weight excluding hydrogens is 274 g/mol. The lowest BCUT2D eigenvalue weighted by Crippen LogP contribution is -2.51. The molecule has 5 nitrogen and oxygen atoms in total. The van der Waals surface area contributed by atoms with Crippen molar-refractivity contribution in [2.24, 2.45) is 7.05 Å². The number of rotatable bonds is 9. The molecule has 0 aromatic carbocycles. The van der Waals surface area contributed by atoms with E-state index in [1.807, 2.05) is 31.7 Å². The van der Waals surface area contributed by atoms with E-state index in [0.29, 0.717) is 13.0 Å². The topological polar surface area (TPSA) is 56.2 Å². The summed E-state index contributed by atoms with van der Waals surface area (Å²) < 4.78 is 7.16. The third-order valence-corrected chi connectivity index (χ3v) is 4.16. The summed E-state index contributed by atoms with van der Waals surface area (Å²) in [7, 11) is 1.97. The molecule has 0 radical (unpaired) electrons. The molecule has 20 heavy (non-hydrogen) atoms. The fourth-order valence-electron chi connectivity index (χ4n) is 1.79. The van der Waals surface area contributed by atoms with E-state index < -0.39 is 5.54 Å². The maximum absolute atomic E-state index is 12.1. The predicted molar refractivity (Wildman–Crippen MR) is 81.9 cm³/mol. The number of nitrogens with one attached hydrogen (secondary N) is 1. The lowest BCUT2D eigenvalue weighted by atomic mass is 9.99. The maximum atomic E-state index is 12.1. The smallest absolute Gasteiger partial charge is 0.326 e. The number of aromatic nitrogens is 2. The molecule has 0 aliphatic carbocycles. The number of imidazole rings is 1. The van der Waals surface area contributed by atoms with Gasteiger partial charge in [0.15, 0.2) is 5.16 Å². The zero-order valence-corrected chi connectivity index (χ0v) is 13.6. The van der Waals surface area contributed by atoms with Crippen LogP contribution in [0.4, 0.5) is 0 Å². The van der Waals surface area contributed by atoms with E-state index in [0.717, 1.165) is 23.9 Å². The van der Waals surface area contributed by atoms with E-state index in [1.165, 1.54) is 0 Å². The Morgan fingerprint density at radius 2 is 2.30 bits per heavy atom. The first kappa shape index (κ1) is 17.0. The molecule has 1 rings (SSSR count). The Kier molecular flexibility index (Phi) is 7.09. The molecule has 1 aromatic rings. The van der Waals surface area contributed by atoms with Crippen molar-refractivity contribution in [3.63, 3.8) is 0 Å². The average molecular weight is 299 g/mol. The van der Waals surface area contributed by atoms with Crippen molar-refractivity contribution in [2.45, 2.75) is 44.3 Å². The molecule has 1 atom stereocenters. The summed E-state index contributed by atoms with van der Waals surface area (Å²) in [5, 5.41) is 4.27. The van der Waals surface area contributed by atoms with Gasteiger partial charge in [-0.05, 0) is 33.2 Å². The summed E-state index contributed by atoms with van der Waals surface area (Å²) in [6, 6.07) is 0. The number of carbonyl (C=O) groups excluding carboxylic acids is 1. The maximum Gasteiger partial charge on any atom is 0.326 e. The summed E-state index contributed by atoms with van der Waals surface area (Å²) in [5.41, 5.74) is -0.621. The summed E-state index contributed by atoms with van der Waals surface area (Å²) in [5.74, 6) is 0.644. The summed E-state index contributed by atoms with van der Waals surface area (Å²) in [4.78, 5) is 16.4. The Balaban J connectivity index is 2.55. The van der Waals surface area contributed by atoms with E-state index >= 15 is 0 Å². The first-order valence-corrected chi connectivity index (χ1v) is 8.04. The van der Waals surface area contributed by atoms with Crippen LogP contribution in [-0.4, -0.2) is 40.0 Å². The molecule has 114 valence electrons. The van der Waals surface area contributed by atoms with Gasteiger partial charge >= 0.3 is 5.97 Å². The second-order valence-corrected chi connectivity index (χ2v) is 5.96. The molecule has 1 unspecified atom stereocenters. The van der Waals surface area contributed by atoms with E-state index in [2.05, 4.69) is 17.2 Å². The van der Waals surface area contributed by atoms with Gasteiger partial charge in [-0.3, -0.25) is 4.79 Å². The third kappa shape index (κ3) is 4.83. The summed E-state index contributed by atoms with van der Waals surface area (Å²) >= 11 is 1.65. The lowest BCUT2D eigenvalue weighted by molar-refractivity contribution is -0.150. The van der Waals surface area contributed by atoms with Gasteiger partial charge in [0.2, 0.25) is 0 Å². The molecule has 6 heteroatoms. The number of carbonyl (C=O) groups is 1. The second-order valence-electron chi connectivity index (χ2n) is 4.90. The van der Waals surface area contributed by atoms with Crippen LogP contribution in [0.25, 0.3) is 0 Å². The van der Waals surface area contributed by atoms with E-state index in [4.69, 9.17) is 4.74 Å². The molecular formula is C14H25N3O2S. The highest BCUT2D eigenvalue weighted by atomic mass is 32.2. The van der Waals surface area contributed by atoms with Gasteiger partial charge in [0.1, 0.15) is 5.54 Å². The minimum atomic E-state index is -0.621. The molecule has 1 aromatic heterocycles. The molecule has 0 aliphatic heterocycles. The second kappa shape index (κ2) is 8.32. The van der Waals surface area contributed by atoms with Crippen LogP contribution in [0.5, 0.6) is 0 Å². The number of ether oxygens (including phenoxy) is 1. The van der Waals surface area contributed by atoms with Gasteiger partial charge in [0.05, 0.1) is 6.61 Å². The molecule has 0 amide bonds. The molecule has 0 saturated carbocycles. The van der Waals surface area contributed by atoms with Crippen LogP contribution in [0, 0.1) is 0 Å². The summed E-state index contributed by atoms with van der Waals surface area (Å²) in [6.07, 6.45) is 5.40. The third-order valence-electron chi connectivity index (χ3n) is 3.10. The number of nitrogens with zero attached hydrogens (tertiary/aromatic N) is 2. The first-order valence-electron chi connectivity index (χ1n) is 7.06. The Hall–Kier alpha value is -1.01. The SMILES string of the molecule is CCCNC(C)(CCSc1nccn1C)C(=O)OCC. The van der Waals surface area contributed by atoms with Crippen LogP contribution in [0.1, 0.15) is 33.6 Å². The zero-order valence-electron chi connectivity index (χ0n) is 12.8. The van der Waals surface area contributed by atoms with Gasteiger partial charge in [-0.25, -0.2) is 4.98 Å². The Bertz CT molecular complexity index is 422. The Morgan fingerprint density at radius 1 is 1.55 bits per heavy atom. The number of thioether (sulfide) groups is 1. The normalized spacial score (nSPS) is 14.0. The largest absolute Gasteiger partial charge is 0.465 e. The minimum Gasteiger partial charge on any atom is -0.465 e. The standard InChI is InChI=1S/C14H25N3O2S/c1-5-8-16-14(3,12(18)19-6-2)7-11-20-13-15-9-10-17(13)4/h9-10,16H,5-8,11H2,1-4H3. The van der Waals surface area contributed by atoms with Crippen LogP contribution >= 0.6 is 11.8 Å². The van der Waals surface area contributed by atoms with Crippen molar-refractivity contribution >= 4 is 17.7 Å². The molecule has 0 bridgehead atoms. The fraction of sp³-hybridized carbons (Fsp3) is 0.714. The Labute approximate surface area is 125 Å². The number of esters is 1. The van der Waals surface area contributed by atoms with Crippen LogP contribution in [0.2, 0.25) is 0 Å². The van der Waals surface area contributed by atoms with Crippen molar-refractivity contribution in [3.8, 4) is 0 Å². The van der Waals surface area contributed by atoms with Crippen molar-refractivity contribution in [1.29, 1.82) is 0 Å². The lowest BCUT2D eigenvalue weighted by Gasteiger charge is -2.28. The summed E-state index contributed by atoms with van der Waals surface area (Å²) in [6.45, 7) is 7.05. The number of aryl methyl sites for hydroxylation is 1. The molecule has 0 fully saturated rings. The first-order chi connectivity index (χ1) is 9.53. The van der Waals surface area contributed by atoms with E-state index in [9.17, 15) is 4.79 Å². The number of hydrogen-bond acceptors (Lipinski definition) is 5. The van der Waals surface area contributed by atoms with Gasteiger partial charge in [-0.1, -0.05) is 18.7 Å². The van der Waals surface area contributed by atoms with E-state index in [1.54, 1.807) is 18.0 Å². The molecule has 0 spiro atoms. The molecule has 0 aliphatic rings. The van der Waals surface area contributed by atoms with Gasteiger partial charge in [0.25, 0.3) is 0 Å². The Morgan fingerprint density at radius 3 is 2.85 bits per heavy atom. The van der Waals surface area contributed by atoms with Gasteiger partial charge in [-0.15, -0.1) is 0 Å². The quantitative estimate of drug-likeness (QED) is 0.560. The van der Waals surface area contributed by atoms with Crippen LogP contribution < -0.4 is 5.32 Å². The van der Waals surface area contributed by atoms with Crippen molar-refractivity contribution in [2.75, 3.05) is 18.9 Å². The van der Waals surface area contributed by atoms with Gasteiger partial charge < -0.3 is 14.6 Å². The van der Waals surface area contributed by atoms with E-state index in [-0.39, 0.29) is 5.97 Å². The highest BCUT2D eigenvalue weighted by molar-refractivity contribution is 7.99. The molecule has 1 heterocycles.